The Bertz CT molecular complexity index is 970. The molecule has 0 saturated carbocycles. The van der Waals surface area contributed by atoms with Crippen molar-refractivity contribution in [1.82, 2.24) is 4.90 Å². The van der Waals surface area contributed by atoms with Gasteiger partial charge in [0, 0.05) is 12.8 Å². The summed E-state index contributed by atoms with van der Waals surface area (Å²) in [6.07, 6.45) is 9.90. The Morgan fingerprint density at radius 2 is 1.17 bits per heavy atom. The zero-order valence-electron chi connectivity index (χ0n) is 25.3. The van der Waals surface area contributed by atoms with Gasteiger partial charge < -0.3 is 19.1 Å². The molecule has 7 nitrogen and oxygen atoms in total. The SMILES string of the molecule is CN1CCC(C(=O)OCC(CCCCCC(=O)OCc2ccccc2)CCCCCC(=O)OCc2ccccc2)CC1. The van der Waals surface area contributed by atoms with Crippen LogP contribution in [0.4, 0.5) is 0 Å². The predicted molar refractivity (Wildman–Crippen MR) is 163 cm³/mol. The van der Waals surface area contributed by atoms with Crippen LogP contribution in [0.2, 0.25) is 0 Å². The summed E-state index contributed by atoms with van der Waals surface area (Å²) < 4.78 is 16.6. The van der Waals surface area contributed by atoms with Crippen molar-refractivity contribution in [3.63, 3.8) is 0 Å². The lowest BCUT2D eigenvalue weighted by Crippen LogP contribution is -2.34. The molecular weight excluding hydrogens is 530 g/mol. The Morgan fingerprint density at radius 1 is 0.690 bits per heavy atom. The number of esters is 3. The van der Waals surface area contributed by atoms with Gasteiger partial charge in [0.1, 0.15) is 13.2 Å². The maximum atomic E-state index is 12.7. The summed E-state index contributed by atoms with van der Waals surface area (Å²) in [6, 6.07) is 19.4. The summed E-state index contributed by atoms with van der Waals surface area (Å²) in [5.74, 6) is -0.0918. The maximum absolute atomic E-state index is 12.7. The van der Waals surface area contributed by atoms with Gasteiger partial charge in [-0.05, 0) is 75.7 Å². The molecule has 1 heterocycles. The van der Waals surface area contributed by atoms with Crippen LogP contribution in [0, 0.1) is 11.8 Å². The normalized spacial score (nSPS) is 14.0. The van der Waals surface area contributed by atoms with E-state index < -0.39 is 0 Å². The van der Waals surface area contributed by atoms with Crippen LogP contribution >= 0.6 is 0 Å². The summed E-state index contributed by atoms with van der Waals surface area (Å²) in [7, 11) is 2.09. The molecule has 0 atom stereocenters. The van der Waals surface area contributed by atoms with E-state index in [0.717, 1.165) is 88.4 Å². The minimum atomic E-state index is -0.162. The van der Waals surface area contributed by atoms with E-state index in [2.05, 4.69) is 11.9 Å². The Kier molecular flexibility index (Phi) is 15.7. The van der Waals surface area contributed by atoms with Gasteiger partial charge in [-0.2, -0.15) is 0 Å². The van der Waals surface area contributed by atoms with Crippen LogP contribution in [-0.2, 0) is 41.8 Å². The van der Waals surface area contributed by atoms with Crippen LogP contribution in [-0.4, -0.2) is 49.6 Å². The largest absolute Gasteiger partial charge is 0.465 e. The average Bonchev–Trinajstić information content (AvgIpc) is 3.02. The summed E-state index contributed by atoms with van der Waals surface area (Å²) in [4.78, 5) is 39.2. The van der Waals surface area contributed by atoms with Crippen molar-refractivity contribution in [3.05, 3.63) is 71.8 Å². The van der Waals surface area contributed by atoms with Crippen LogP contribution in [0.3, 0.4) is 0 Å². The third-order valence-electron chi connectivity index (χ3n) is 7.99. The monoisotopic (exact) mass is 579 g/mol. The van der Waals surface area contributed by atoms with Crippen molar-refractivity contribution in [2.75, 3.05) is 26.7 Å². The van der Waals surface area contributed by atoms with Gasteiger partial charge in [0.25, 0.3) is 0 Å². The van der Waals surface area contributed by atoms with E-state index in [-0.39, 0.29) is 29.7 Å². The van der Waals surface area contributed by atoms with E-state index in [1.807, 2.05) is 60.7 Å². The molecule has 42 heavy (non-hydrogen) atoms. The van der Waals surface area contributed by atoms with Gasteiger partial charge in [-0.3, -0.25) is 14.4 Å². The molecule has 0 N–H and O–H groups in total. The van der Waals surface area contributed by atoms with Gasteiger partial charge in [0.2, 0.25) is 0 Å². The molecule has 1 fully saturated rings. The summed E-state index contributed by atoms with van der Waals surface area (Å²) >= 11 is 0. The highest BCUT2D eigenvalue weighted by Crippen LogP contribution is 2.22. The molecule has 1 aliphatic heterocycles. The highest BCUT2D eigenvalue weighted by atomic mass is 16.5. The van der Waals surface area contributed by atoms with Gasteiger partial charge in [-0.1, -0.05) is 86.3 Å². The topological polar surface area (TPSA) is 82.1 Å². The first-order valence-electron chi connectivity index (χ1n) is 15.7. The van der Waals surface area contributed by atoms with E-state index in [0.29, 0.717) is 32.7 Å². The number of piperidine rings is 1. The van der Waals surface area contributed by atoms with Crippen molar-refractivity contribution in [3.8, 4) is 0 Å². The lowest BCUT2D eigenvalue weighted by molar-refractivity contribution is -0.152. The third-order valence-corrected chi connectivity index (χ3v) is 7.99. The smallest absolute Gasteiger partial charge is 0.309 e. The second-order valence-corrected chi connectivity index (χ2v) is 11.6. The number of unbranched alkanes of at least 4 members (excludes halogenated alkanes) is 4. The lowest BCUT2D eigenvalue weighted by atomic mass is 9.94. The molecule has 0 radical (unpaired) electrons. The molecule has 2 aromatic carbocycles. The van der Waals surface area contributed by atoms with Gasteiger partial charge >= 0.3 is 17.9 Å². The molecule has 0 amide bonds. The number of carbonyl (C=O) groups is 3. The Morgan fingerprint density at radius 3 is 1.64 bits per heavy atom. The second-order valence-electron chi connectivity index (χ2n) is 11.6. The predicted octanol–water partition coefficient (Wildman–Crippen LogP) is 6.88. The van der Waals surface area contributed by atoms with Gasteiger partial charge in [-0.15, -0.1) is 0 Å². The number of benzene rings is 2. The van der Waals surface area contributed by atoms with Crippen LogP contribution in [0.5, 0.6) is 0 Å². The van der Waals surface area contributed by atoms with Crippen molar-refractivity contribution in [1.29, 1.82) is 0 Å². The lowest BCUT2D eigenvalue weighted by Gasteiger charge is -2.28. The number of rotatable bonds is 19. The van der Waals surface area contributed by atoms with Gasteiger partial charge in [-0.25, -0.2) is 0 Å². The van der Waals surface area contributed by atoms with Crippen LogP contribution in [0.1, 0.15) is 88.2 Å². The van der Waals surface area contributed by atoms with E-state index in [4.69, 9.17) is 14.2 Å². The Hall–Kier alpha value is -3.19. The molecule has 0 aliphatic carbocycles. The summed E-state index contributed by atoms with van der Waals surface area (Å²) in [6.45, 7) is 2.95. The second kappa shape index (κ2) is 19.8. The van der Waals surface area contributed by atoms with Crippen LogP contribution < -0.4 is 0 Å². The van der Waals surface area contributed by atoms with E-state index in [1.54, 1.807) is 0 Å². The number of hydrogen-bond donors (Lipinski definition) is 0. The minimum Gasteiger partial charge on any atom is -0.465 e. The number of ether oxygens (including phenoxy) is 3. The first kappa shape index (κ1) is 33.3. The minimum absolute atomic E-state index is 0.00523. The van der Waals surface area contributed by atoms with Crippen molar-refractivity contribution >= 4 is 17.9 Å². The molecule has 0 spiro atoms. The zero-order chi connectivity index (χ0) is 29.8. The van der Waals surface area contributed by atoms with Crippen molar-refractivity contribution < 1.29 is 28.6 Å². The number of carbonyl (C=O) groups excluding carboxylic acids is 3. The molecule has 0 aromatic heterocycles. The average molecular weight is 580 g/mol. The van der Waals surface area contributed by atoms with Crippen molar-refractivity contribution in [2.24, 2.45) is 11.8 Å². The number of hydrogen-bond acceptors (Lipinski definition) is 7. The first-order chi connectivity index (χ1) is 20.5. The molecule has 230 valence electrons. The third kappa shape index (κ3) is 14.1. The van der Waals surface area contributed by atoms with E-state index in [1.165, 1.54) is 0 Å². The van der Waals surface area contributed by atoms with E-state index in [9.17, 15) is 14.4 Å². The molecular formula is C35H49NO6. The van der Waals surface area contributed by atoms with E-state index >= 15 is 0 Å². The van der Waals surface area contributed by atoms with Gasteiger partial charge in [0.05, 0.1) is 12.5 Å². The fourth-order valence-corrected chi connectivity index (χ4v) is 5.25. The first-order valence-corrected chi connectivity index (χ1v) is 15.7. The highest BCUT2D eigenvalue weighted by Gasteiger charge is 2.25. The molecule has 2 aromatic rings. The summed E-state index contributed by atoms with van der Waals surface area (Å²) in [5, 5.41) is 0. The zero-order valence-corrected chi connectivity index (χ0v) is 25.3. The molecule has 7 heteroatoms. The van der Waals surface area contributed by atoms with Crippen LogP contribution in [0.15, 0.2) is 60.7 Å². The molecule has 0 unspecified atom stereocenters. The van der Waals surface area contributed by atoms with Crippen molar-refractivity contribution in [2.45, 2.75) is 90.3 Å². The fraction of sp³-hybridized carbons (Fsp3) is 0.571. The standard InChI is InChI=1S/C35H49NO6/c1-36-24-22-32(23-25-36)35(39)42-28-31(18-10-4-12-20-33(37)40-26-29-14-6-2-7-15-29)19-11-5-13-21-34(38)41-27-30-16-8-3-9-17-30/h2-3,6-9,14-17,31-32H,4-5,10-13,18-28H2,1H3. The Labute approximate surface area is 251 Å². The quantitative estimate of drug-likeness (QED) is 0.102. The number of nitrogens with zero attached hydrogens (tertiary/aromatic N) is 1. The van der Waals surface area contributed by atoms with Crippen LogP contribution in [0.25, 0.3) is 0 Å². The fourth-order valence-electron chi connectivity index (χ4n) is 5.25. The highest BCUT2D eigenvalue weighted by molar-refractivity contribution is 5.72. The summed E-state index contributed by atoms with van der Waals surface area (Å²) in [5.41, 5.74) is 1.99. The molecule has 1 aliphatic rings. The van der Waals surface area contributed by atoms with Gasteiger partial charge in [0.15, 0.2) is 0 Å². The molecule has 3 rings (SSSR count). The molecule has 0 bridgehead atoms. The molecule has 1 saturated heterocycles. The maximum Gasteiger partial charge on any atom is 0.309 e. The number of likely N-dealkylation sites (tertiary alicyclic amines) is 1. The Balaban J connectivity index is 1.32.